The Labute approximate surface area is 143 Å². The number of non-ortho nitro benzene ring substituents is 1. The molecule has 1 aliphatic heterocycles. The second-order valence-corrected chi connectivity index (χ2v) is 6.11. The van der Waals surface area contributed by atoms with Gasteiger partial charge < -0.3 is 15.5 Å². The summed E-state index contributed by atoms with van der Waals surface area (Å²) in [6, 6.07) is 7.03. The normalized spacial score (nSPS) is 16.8. The topological polar surface area (TPSA) is 82.8 Å². The molecule has 7 heteroatoms. The van der Waals surface area contributed by atoms with Crippen molar-refractivity contribution in [3.8, 4) is 0 Å². The monoisotopic (exact) mass is 333 g/mol. The molecular formula is C17H27N5O2. The van der Waals surface area contributed by atoms with Crippen LogP contribution in [0.5, 0.6) is 0 Å². The lowest BCUT2D eigenvalue weighted by molar-refractivity contribution is -0.384. The molecule has 1 heterocycles. The standard InChI is InChI=1S/C17H27N5O2/c1-3-10-21-11-8-15(9-12-21)20-17(18-2)19-13-14-4-6-16(7-5-14)22(23)24/h4-7,15H,3,8-13H2,1-2H3,(H2,18,19,20). The maximum atomic E-state index is 10.7. The fourth-order valence-electron chi connectivity index (χ4n) is 2.93. The number of hydrogen-bond donors (Lipinski definition) is 2. The number of nitro benzene ring substituents is 1. The largest absolute Gasteiger partial charge is 0.354 e. The van der Waals surface area contributed by atoms with E-state index in [1.54, 1.807) is 19.2 Å². The van der Waals surface area contributed by atoms with Gasteiger partial charge in [0, 0.05) is 44.9 Å². The van der Waals surface area contributed by atoms with Crippen LogP contribution in [0.3, 0.4) is 0 Å². The molecular weight excluding hydrogens is 306 g/mol. The molecule has 1 aliphatic rings. The number of likely N-dealkylation sites (tertiary alicyclic amines) is 1. The summed E-state index contributed by atoms with van der Waals surface area (Å²) in [6.07, 6.45) is 3.45. The molecule has 0 spiro atoms. The fraction of sp³-hybridized carbons (Fsp3) is 0.588. The summed E-state index contributed by atoms with van der Waals surface area (Å²) in [5, 5.41) is 17.4. The Balaban J connectivity index is 1.77. The molecule has 0 radical (unpaired) electrons. The van der Waals surface area contributed by atoms with E-state index in [-0.39, 0.29) is 10.6 Å². The Bertz CT molecular complexity index is 551. The highest BCUT2D eigenvalue weighted by Gasteiger charge is 2.19. The lowest BCUT2D eigenvalue weighted by Crippen LogP contribution is -2.48. The highest BCUT2D eigenvalue weighted by molar-refractivity contribution is 5.79. The van der Waals surface area contributed by atoms with E-state index in [4.69, 9.17) is 0 Å². The minimum absolute atomic E-state index is 0.111. The zero-order valence-corrected chi connectivity index (χ0v) is 14.5. The van der Waals surface area contributed by atoms with Crippen LogP contribution in [0, 0.1) is 10.1 Å². The van der Waals surface area contributed by atoms with Crippen LogP contribution in [0.4, 0.5) is 5.69 Å². The van der Waals surface area contributed by atoms with Gasteiger partial charge in [-0.1, -0.05) is 19.1 Å². The molecule has 24 heavy (non-hydrogen) atoms. The molecule has 1 aromatic carbocycles. The van der Waals surface area contributed by atoms with E-state index in [9.17, 15) is 10.1 Å². The van der Waals surface area contributed by atoms with Crippen LogP contribution in [-0.2, 0) is 6.54 Å². The van der Waals surface area contributed by atoms with Crippen LogP contribution in [-0.4, -0.2) is 48.5 Å². The van der Waals surface area contributed by atoms with Crippen molar-refractivity contribution in [3.05, 3.63) is 39.9 Å². The summed E-state index contributed by atoms with van der Waals surface area (Å²) < 4.78 is 0. The van der Waals surface area contributed by atoms with E-state index in [0.717, 1.165) is 37.5 Å². The van der Waals surface area contributed by atoms with Gasteiger partial charge in [0.1, 0.15) is 0 Å². The lowest BCUT2D eigenvalue weighted by Gasteiger charge is -2.32. The number of piperidine rings is 1. The zero-order valence-electron chi connectivity index (χ0n) is 14.5. The molecule has 0 saturated carbocycles. The first-order valence-electron chi connectivity index (χ1n) is 8.55. The molecule has 0 amide bonds. The number of nitrogens with zero attached hydrogens (tertiary/aromatic N) is 3. The average molecular weight is 333 g/mol. The van der Waals surface area contributed by atoms with E-state index < -0.39 is 0 Å². The summed E-state index contributed by atoms with van der Waals surface area (Å²) >= 11 is 0. The molecule has 0 atom stereocenters. The first-order chi connectivity index (χ1) is 11.6. The molecule has 7 nitrogen and oxygen atoms in total. The van der Waals surface area contributed by atoms with Crippen LogP contribution in [0.1, 0.15) is 31.7 Å². The van der Waals surface area contributed by atoms with Crippen molar-refractivity contribution in [2.24, 2.45) is 4.99 Å². The molecule has 0 aliphatic carbocycles. The van der Waals surface area contributed by atoms with Crippen LogP contribution in [0.25, 0.3) is 0 Å². The predicted molar refractivity (Wildman–Crippen MR) is 96.2 cm³/mol. The van der Waals surface area contributed by atoms with Crippen molar-refractivity contribution in [1.82, 2.24) is 15.5 Å². The van der Waals surface area contributed by atoms with E-state index in [1.807, 2.05) is 0 Å². The van der Waals surface area contributed by atoms with Gasteiger partial charge in [0.05, 0.1) is 4.92 Å². The number of nitrogens with one attached hydrogen (secondary N) is 2. The van der Waals surface area contributed by atoms with Crippen LogP contribution in [0.15, 0.2) is 29.3 Å². The smallest absolute Gasteiger partial charge is 0.269 e. The Morgan fingerprint density at radius 3 is 2.54 bits per heavy atom. The number of guanidine groups is 1. The minimum Gasteiger partial charge on any atom is -0.354 e. The molecule has 1 saturated heterocycles. The van der Waals surface area contributed by atoms with Crippen molar-refractivity contribution >= 4 is 11.6 Å². The van der Waals surface area contributed by atoms with E-state index in [0.29, 0.717) is 12.6 Å². The van der Waals surface area contributed by atoms with E-state index in [1.165, 1.54) is 25.1 Å². The Morgan fingerprint density at radius 1 is 1.33 bits per heavy atom. The maximum Gasteiger partial charge on any atom is 0.269 e. The van der Waals surface area contributed by atoms with Gasteiger partial charge in [-0.2, -0.15) is 0 Å². The van der Waals surface area contributed by atoms with Crippen molar-refractivity contribution in [1.29, 1.82) is 0 Å². The average Bonchev–Trinajstić information content (AvgIpc) is 2.60. The molecule has 2 N–H and O–H groups in total. The second-order valence-electron chi connectivity index (χ2n) is 6.11. The van der Waals surface area contributed by atoms with E-state index >= 15 is 0 Å². The molecule has 132 valence electrons. The summed E-state index contributed by atoms with van der Waals surface area (Å²) in [4.78, 5) is 17.1. The van der Waals surface area contributed by atoms with Crippen molar-refractivity contribution < 1.29 is 4.92 Å². The molecule has 0 bridgehead atoms. The summed E-state index contributed by atoms with van der Waals surface area (Å²) in [6.45, 7) is 6.25. The Hall–Kier alpha value is -2.15. The summed E-state index contributed by atoms with van der Waals surface area (Å²) in [7, 11) is 1.76. The third kappa shape index (κ3) is 5.49. The van der Waals surface area contributed by atoms with Crippen molar-refractivity contribution in [2.75, 3.05) is 26.7 Å². The number of rotatable bonds is 6. The number of hydrogen-bond acceptors (Lipinski definition) is 4. The van der Waals surface area contributed by atoms with E-state index in [2.05, 4.69) is 27.4 Å². The van der Waals surface area contributed by atoms with Crippen LogP contribution >= 0.6 is 0 Å². The van der Waals surface area contributed by atoms with Crippen molar-refractivity contribution in [2.45, 2.75) is 38.8 Å². The van der Waals surface area contributed by atoms with Gasteiger partial charge in [0.25, 0.3) is 5.69 Å². The Kier molecular flexibility index (Phi) is 6.99. The maximum absolute atomic E-state index is 10.7. The number of aliphatic imine (C=N–C) groups is 1. The molecule has 0 unspecified atom stereocenters. The molecule has 2 rings (SSSR count). The van der Waals surface area contributed by atoms with Gasteiger partial charge >= 0.3 is 0 Å². The van der Waals surface area contributed by atoms with Gasteiger partial charge in [-0.15, -0.1) is 0 Å². The van der Waals surface area contributed by atoms with Gasteiger partial charge in [0.15, 0.2) is 5.96 Å². The second kappa shape index (κ2) is 9.22. The van der Waals surface area contributed by atoms with Gasteiger partial charge in [-0.05, 0) is 31.4 Å². The summed E-state index contributed by atoms with van der Waals surface area (Å²) in [5.41, 5.74) is 1.10. The third-order valence-corrected chi connectivity index (χ3v) is 4.30. The first kappa shape index (κ1) is 18.2. The molecule has 1 fully saturated rings. The van der Waals surface area contributed by atoms with Gasteiger partial charge in [-0.3, -0.25) is 15.1 Å². The highest BCUT2D eigenvalue weighted by Crippen LogP contribution is 2.12. The molecule has 1 aromatic rings. The quantitative estimate of drug-likeness (QED) is 0.361. The lowest BCUT2D eigenvalue weighted by atomic mass is 10.1. The first-order valence-corrected chi connectivity index (χ1v) is 8.55. The highest BCUT2D eigenvalue weighted by atomic mass is 16.6. The number of nitro groups is 1. The fourth-order valence-corrected chi connectivity index (χ4v) is 2.93. The van der Waals surface area contributed by atoms with Gasteiger partial charge in [-0.25, -0.2) is 0 Å². The SMILES string of the molecule is CCCN1CCC(NC(=NC)NCc2ccc([N+](=O)[O-])cc2)CC1. The molecule has 0 aromatic heterocycles. The zero-order chi connectivity index (χ0) is 17.4. The van der Waals surface area contributed by atoms with Gasteiger partial charge in [0.2, 0.25) is 0 Å². The minimum atomic E-state index is -0.386. The Morgan fingerprint density at radius 2 is 2.00 bits per heavy atom. The summed E-state index contributed by atoms with van der Waals surface area (Å²) in [5.74, 6) is 0.780. The van der Waals surface area contributed by atoms with Crippen LogP contribution < -0.4 is 10.6 Å². The number of benzene rings is 1. The predicted octanol–water partition coefficient (Wildman–Crippen LogP) is 2.13. The van der Waals surface area contributed by atoms with Crippen molar-refractivity contribution in [3.63, 3.8) is 0 Å². The third-order valence-electron chi connectivity index (χ3n) is 4.30. The van der Waals surface area contributed by atoms with Crippen LogP contribution in [0.2, 0.25) is 0 Å².